The van der Waals surface area contributed by atoms with E-state index in [0.29, 0.717) is 19.6 Å². The number of carbonyl (C=O) groups excluding carboxylic acids is 1. The van der Waals surface area contributed by atoms with Gasteiger partial charge in [0.05, 0.1) is 23.7 Å². The highest BCUT2D eigenvalue weighted by atomic mass is 32.2. The fourth-order valence-corrected chi connectivity index (χ4v) is 2.79. The number of sulfone groups is 1. The van der Waals surface area contributed by atoms with Crippen LogP contribution < -0.4 is 5.32 Å². The second-order valence-corrected chi connectivity index (χ2v) is 8.51. The minimum atomic E-state index is -3.21. The number of ether oxygens (including phenoxy) is 1. The lowest BCUT2D eigenvalue weighted by atomic mass is 10.1. The highest BCUT2D eigenvalue weighted by Crippen LogP contribution is 2.17. The van der Waals surface area contributed by atoms with E-state index < -0.39 is 14.6 Å². The van der Waals surface area contributed by atoms with Gasteiger partial charge in [0, 0.05) is 25.4 Å². The first-order valence-electron chi connectivity index (χ1n) is 6.27. The lowest BCUT2D eigenvalue weighted by Gasteiger charge is -2.23. The monoisotopic (exact) mass is 277 g/mol. The maximum atomic E-state index is 11.9. The van der Waals surface area contributed by atoms with Gasteiger partial charge in [-0.2, -0.15) is 0 Å². The summed E-state index contributed by atoms with van der Waals surface area (Å²) in [6.07, 6.45) is 0.442. The second-order valence-electron chi connectivity index (χ2n) is 5.65. The van der Waals surface area contributed by atoms with Gasteiger partial charge in [-0.05, 0) is 20.8 Å². The zero-order valence-electron chi connectivity index (χ0n) is 11.4. The van der Waals surface area contributed by atoms with Gasteiger partial charge >= 0.3 is 0 Å². The Labute approximate surface area is 109 Å². The maximum Gasteiger partial charge on any atom is 0.155 e. The first-order chi connectivity index (χ1) is 8.22. The Morgan fingerprint density at radius 2 is 2.06 bits per heavy atom. The van der Waals surface area contributed by atoms with Crippen LogP contribution >= 0.6 is 0 Å². The molecule has 1 rings (SSSR count). The highest BCUT2D eigenvalue weighted by Gasteiger charge is 2.29. The molecule has 1 aliphatic heterocycles. The van der Waals surface area contributed by atoms with Crippen LogP contribution in [0.1, 0.15) is 33.6 Å². The van der Waals surface area contributed by atoms with Crippen LogP contribution in [0.5, 0.6) is 0 Å². The number of ketones is 1. The average Bonchev–Trinajstić information content (AvgIpc) is 2.26. The van der Waals surface area contributed by atoms with Crippen molar-refractivity contribution in [1.82, 2.24) is 5.32 Å². The van der Waals surface area contributed by atoms with Crippen LogP contribution in [0.25, 0.3) is 0 Å². The second kappa shape index (κ2) is 6.12. The minimum absolute atomic E-state index is 0.0224. The van der Waals surface area contributed by atoms with E-state index in [1.807, 2.05) is 0 Å². The Balaban J connectivity index is 2.37. The molecule has 106 valence electrons. The van der Waals surface area contributed by atoms with E-state index in [9.17, 15) is 13.2 Å². The summed E-state index contributed by atoms with van der Waals surface area (Å²) in [6, 6.07) is 0.0311. The van der Waals surface area contributed by atoms with E-state index >= 15 is 0 Å². The quantitative estimate of drug-likeness (QED) is 0.794. The van der Waals surface area contributed by atoms with E-state index in [1.165, 1.54) is 0 Å². The van der Waals surface area contributed by atoms with Crippen molar-refractivity contribution in [3.63, 3.8) is 0 Å². The Bertz CT molecular complexity index is 377. The predicted octanol–water partition coefficient (Wildman–Crippen LogP) is 0.537. The Hall–Kier alpha value is -0.460. The standard InChI is InChI=1S/C12H23NO4S/c1-12(2,3)18(15,16)7-4-11(14)8-10-9-17-6-5-13-10/h10,13H,4-9H2,1-3H3. The molecule has 0 radical (unpaired) electrons. The number of rotatable bonds is 5. The van der Waals surface area contributed by atoms with Crippen LogP contribution in [-0.4, -0.2) is 50.5 Å². The van der Waals surface area contributed by atoms with Gasteiger partial charge in [-0.3, -0.25) is 4.79 Å². The van der Waals surface area contributed by atoms with E-state index in [0.717, 1.165) is 6.54 Å². The first-order valence-corrected chi connectivity index (χ1v) is 7.93. The van der Waals surface area contributed by atoms with Crippen molar-refractivity contribution in [2.24, 2.45) is 0 Å². The average molecular weight is 277 g/mol. The number of morpholine rings is 1. The summed E-state index contributed by atoms with van der Waals surface area (Å²) in [5, 5.41) is 3.18. The molecule has 0 spiro atoms. The van der Waals surface area contributed by atoms with Gasteiger partial charge in [0.2, 0.25) is 0 Å². The summed E-state index contributed by atoms with van der Waals surface area (Å²) in [4.78, 5) is 11.7. The molecule has 0 saturated carbocycles. The number of nitrogens with one attached hydrogen (secondary N) is 1. The molecule has 0 amide bonds. The first kappa shape index (κ1) is 15.6. The number of carbonyl (C=O) groups is 1. The Morgan fingerprint density at radius 3 is 2.56 bits per heavy atom. The van der Waals surface area contributed by atoms with Gasteiger partial charge in [0.1, 0.15) is 5.78 Å². The molecule has 1 N–H and O–H groups in total. The molecule has 0 bridgehead atoms. The topological polar surface area (TPSA) is 72.5 Å². The van der Waals surface area contributed by atoms with Crippen molar-refractivity contribution < 1.29 is 17.9 Å². The van der Waals surface area contributed by atoms with Gasteiger partial charge in [-0.1, -0.05) is 0 Å². The molecule has 1 aliphatic rings. The fraction of sp³-hybridized carbons (Fsp3) is 0.917. The molecule has 1 atom stereocenters. The molecule has 0 aliphatic carbocycles. The van der Waals surface area contributed by atoms with Crippen molar-refractivity contribution in [3.8, 4) is 0 Å². The third kappa shape index (κ3) is 4.66. The number of Topliss-reactive ketones (excluding diaryl/α,β-unsaturated/α-hetero) is 1. The molecule has 6 heteroatoms. The third-order valence-corrected chi connectivity index (χ3v) is 5.66. The normalized spacial score (nSPS) is 21.8. The van der Waals surface area contributed by atoms with Crippen molar-refractivity contribution in [1.29, 1.82) is 0 Å². The molecule has 18 heavy (non-hydrogen) atoms. The molecule has 1 saturated heterocycles. The largest absolute Gasteiger partial charge is 0.379 e. The van der Waals surface area contributed by atoms with Crippen LogP contribution in [0.4, 0.5) is 0 Å². The van der Waals surface area contributed by atoms with Crippen LogP contribution in [0.3, 0.4) is 0 Å². The minimum Gasteiger partial charge on any atom is -0.379 e. The zero-order valence-corrected chi connectivity index (χ0v) is 12.2. The molecule has 0 aromatic rings. The summed E-state index contributed by atoms with van der Waals surface area (Å²) in [5.74, 6) is -0.0889. The van der Waals surface area contributed by atoms with Crippen LogP contribution in [0.15, 0.2) is 0 Å². The predicted molar refractivity (Wildman–Crippen MR) is 70.4 cm³/mol. The molecule has 1 fully saturated rings. The highest BCUT2D eigenvalue weighted by molar-refractivity contribution is 7.92. The summed E-state index contributed by atoms with van der Waals surface area (Å²) in [7, 11) is -3.21. The van der Waals surface area contributed by atoms with Gasteiger partial charge in [-0.25, -0.2) is 8.42 Å². The van der Waals surface area contributed by atoms with Gasteiger partial charge in [0.25, 0.3) is 0 Å². The summed E-state index contributed by atoms with van der Waals surface area (Å²) >= 11 is 0. The maximum absolute atomic E-state index is 11.9. The zero-order chi connectivity index (χ0) is 13.8. The van der Waals surface area contributed by atoms with Crippen LogP contribution in [-0.2, 0) is 19.4 Å². The van der Waals surface area contributed by atoms with Crippen molar-refractivity contribution in [2.75, 3.05) is 25.5 Å². The van der Waals surface area contributed by atoms with E-state index in [1.54, 1.807) is 20.8 Å². The van der Waals surface area contributed by atoms with Gasteiger partial charge in [-0.15, -0.1) is 0 Å². The summed E-state index contributed by atoms with van der Waals surface area (Å²) in [5.41, 5.74) is 0. The van der Waals surface area contributed by atoms with Gasteiger partial charge in [0.15, 0.2) is 9.84 Å². The van der Waals surface area contributed by atoms with Crippen molar-refractivity contribution >= 4 is 15.6 Å². The Kier molecular flexibility index (Phi) is 5.31. The van der Waals surface area contributed by atoms with Crippen molar-refractivity contribution in [2.45, 2.75) is 44.4 Å². The molecule has 0 aromatic carbocycles. The van der Waals surface area contributed by atoms with Gasteiger partial charge < -0.3 is 10.1 Å². The summed E-state index contributed by atoms with van der Waals surface area (Å²) in [6.45, 7) is 6.91. The van der Waals surface area contributed by atoms with Crippen molar-refractivity contribution in [3.05, 3.63) is 0 Å². The lowest BCUT2D eigenvalue weighted by molar-refractivity contribution is -0.119. The molecule has 1 unspecified atom stereocenters. The lowest BCUT2D eigenvalue weighted by Crippen LogP contribution is -2.42. The molecule has 5 nitrogen and oxygen atoms in total. The SMILES string of the molecule is CC(C)(C)S(=O)(=O)CCC(=O)CC1COCCN1. The van der Waals surface area contributed by atoms with Crippen LogP contribution in [0.2, 0.25) is 0 Å². The number of hydrogen-bond acceptors (Lipinski definition) is 5. The molecule has 0 aromatic heterocycles. The molecule has 1 heterocycles. The summed E-state index contributed by atoms with van der Waals surface area (Å²) < 4.78 is 28.2. The van der Waals surface area contributed by atoms with E-state index in [-0.39, 0.29) is 24.0 Å². The van der Waals surface area contributed by atoms with E-state index in [2.05, 4.69) is 5.32 Å². The smallest absolute Gasteiger partial charge is 0.155 e. The van der Waals surface area contributed by atoms with E-state index in [4.69, 9.17) is 4.74 Å². The molecular weight excluding hydrogens is 254 g/mol. The fourth-order valence-electron chi connectivity index (χ4n) is 1.68. The molecular formula is C12H23NO4S. The number of hydrogen-bond donors (Lipinski definition) is 1. The Morgan fingerprint density at radius 1 is 1.39 bits per heavy atom. The third-order valence-electron chi connectivity index (χ3n) is 3.06. The van der Waals surface area contributed by atoms with Crippen LogP contribution in [0, 0.1) is 0 Å².